The van der Waals surface area contributed by atoms with Gasteiger partial charge in [-0.15, -0.1) is 0 Å². The normalized spacial score (nSPS) is 11.0. The molecule has 0 saturated carbocycles. The van der Waals surface area contributed by atoms with Crippen LogP contribution >= 0.6 is 0 Å². The molecule has 0 aliphatic heterocycles. The fourth-order valence-corrected chi connectivity index (χ4v) is 5.50. The second kappa shape index (κ2) is 11.2. The third-order valence-corrected chi connectivity index (χ3v) is 7.74. The Labute approximate surface area is 245 Å². The SMILES string of the molecule is Fc1ccc(N(c2ccc(-c3ccc(-c4ccccc4)cc3)cc2)c2ccc(-c3ccc4ccccc4c3)cc2)cc1. The predicted molar refractivity (Wildman–Crippen MR) is 175 cm³/mol. The van der Waals surface area contributed by atoms with E-state index in [-0.39, 0.29) is 5.82 Å². The van der Waals surface area contributed by atoms with E-state index in [9.17, 15) is 4.39 Å². The lowest BCUT2D eigenvalue weighted by molar-refractivity contribution is 0.628. The third-order valence-electron chi connectivity index (χ3n) is 7.74. The van der Waals surface area contributed by atoms with E-state index in [2.05, 4.69) is 144 Å². The lowest BCUT2D eigenvalue weighted by Gasteiger charge is -2.26. The number of rotatable bonds is 6. The highest BCUT2D eigenvalue weighted by atomic mass is 19.1. The second-order valence-electron chi connectivity index (χ2n) is 10.4. The summed E-state index contributed by atoms with van der Waals surface area (Å²) in [5, 5.41) is 2.46. The Morgan fingerprint density at radius 1 is 0.310 bits per heavy atom. The van der Waals surface area contributed by atoms with Gasteiger partial charge in [-0.05, 0) is 98.8 Å². The van der Waals surface area contributed by atoms with E-state index in [1.54, 1.807) is 0 Å². The molecule has 0 aromatic heterocycles. The summed E-state index contributed by atoms with van der Waals surface area (Å²) in [6, 6.07) is 57.8. The Morgan fingerprint density at radius 2 is 0.690 bits per heavy atom. The highest BCUT2D eigenvalue weighted by molar-refractivity contribution is 5.88. The Hall–Kier alpha value is -5.47. The first-order valence-electron chi connectivity index (χ1n) is 14.1. The summed E-state index contributed by atoms with van der Waals surface area (Å²) in [7, 11) is 0. The minimum Gasteiger partial charge on any atom is -0.311 e. The lowest BCUT2D eigenvalue weighted by Crippen LogP contribution is -2.09. The summed E-state index contributed by atoms with van der Waals surface area (Å²) in [4.78, 5) is 2.16. The van der Waals surface area contributed by atoms with Crippen molar-refractivity contribution in [2.45, 2.75) is 0 Å². The number of halogens is 1. The standard InChI is InChI=1S/C40H28FN/c41-37-20-26-40(27-21-37)42(39-24-18-34(19-25-39)36-15-14-30-8-4-5-9-35(30)28-36)38-22-16-33(17-23-38)32-12-10-31(11-13-32)29-6-2-1-3-7-29/h1-28H. The van der Waals surface area contributed by atoms with E-state index < -0.39 is 0 Å². The van der Waals surface area contributed by atoms with Gasteiger partial charge in [-0.2, -0.15) is 0 Å². The molecule has 0 saturated heterocycles. The summed E-state index contributed by atoms with van der Waals surface area (Å²) < 4.78 is 13.9. The zero-order valence-electron chi connectivity index (χ0n) is 23.0. The average Bonchev–Trinajstić information content (AvgIpc) is 3.07. The molecule has 7 rings (SSSR count). The minimum absolute atomic E-state index is 0.250. The van der Waals surface area contributed by atoms with Gasteiger partial charge >= 0.3 is 0 Å². The molecule has 42 heavy (non-hydrogen) atoms. The van der Waals surface area contributed by atoms with Gasteiger partial charge in [0.25, 0.3) is 0 Å². The van der Waals surface area contributed by atoms with Crippen LogP contribution in [0.15, 0.2) is 170 Å². The van der Waals surface area contributed by atoms with Crippen LogP contribution in [0.4, 0.5) is 21.5 Å². The van der Waals surface area contributed by atoms with Gasteiger partial charge in [-0.3, -0.25) is 0 Å². The van der Waals surface area contributed by atoms with Gasteiger partial charge in [-0.1, -0.05) is 115 Å². The highest BCUT2D eigenvalue weighted by Gasteiger charge is 2.14. The average molecular weight is 542 g/mol. The van der Waals surface area contributed by atoms with Crippen molar-refractivity contribution in [3.63, 3.8) is 0 Å². The number of hydrogen-bond acceptors (Lipinski definition) is 1. The molecule has 7 aromatic carbocycles. The summed E-state index contributed by atoms with van der Waals surface area (Å²) in [6.45, 7) is 0. The predicted octanol–water partition coefficient (Wildman–Crippen LogP) is 11.4. The molecule has 0 amide bonds. The van der Waals surface area contributed by atoms with Crippen molar-refractivity contribution in [1.82, 2.24) is 0 Å². The van der Waals surface area contributed by atoms with Gasteiger partial charge in [0, 0.05) is 17.1 Å². The molecule has 7 aromatic rings. The summed E-state index contributed by atoms with van der Waals surface area (Å²) >= 11 is 0. The lowest BCUT2D eigenvalue weighted by atomic mass is 10.00. The molecule has 0 aliphatic rings. The second-order valence-corrected chi connectivity index (χ2v) is 10.4. The zero-order valence-corrected chi connectivity index (χ0v) is 23.0. The van der Waals surface area contributed by atoms with Crippen molar-refractivity contribution in [2.24, 2.45) is 0 Å². The molecule has 0 aliphatic carbocycles. The Balaban J connectivity index is 1.20. The van der Waals surface area contributed by atoms with E-state index in [4.69, 9.17) is 0 Å². The van der Waals surface area contributed by atoms with Gasteiger partial charge < -0.3 is 4.90 Å². The van der Waals surface area contributed by atoms with Crippen LogP contribution < -0.4 is 4.90 Å². The largest absolute Gasteiger partial charge is 0.311 e. The van der Waals surface area contributed by atoms with Gasteiger partial charge in [0.2, 0.25) is 0 Å². The molecule has 2 heteroatoms. The molecule has 0 heterocycles. The summed E-state index contributed by atoms with van der Waals surface area (Å²) in [5.74, 6) is -0.250. The molecule has 0 fully saturated rings. The molecule has 0 spiro atoms. The molecule has 1 nitrogen and oxygen atoms in total. The molecular weight excluding hydrogens is 513 g/mol. The highest BCUT2D eigenvalue weighted by Crippen LogP contribution is 2.37. The number of hydrogen-bond donors (Lipinski definition) is 0. The van der Waals surface area contributed by atoms with Gasteiger partial charge in [-0.25, -0.2) is 4.39 Å². The van der Waals surface area contributed by atoms with Crippen LogP contribution in [0.2, 0.25) is 0 Å². The van der Waals surface area contributed by atoms with E-state index in [1.165, 1.54) is 39.6 Å². The smallest absolute Gasteiger partial charge is 0.123 e. The summed E-state index contributed by atoms with van der Waals surface area (Å²) in [6.07, 6.45) is 0. The quantitative estimate of drug-likeness (QED) is 0.202. The van der Waals surface area contributed by atoms with E-state index >= 15 is 0 Å². The van der Waals surface area contributed by atoms with Gasteiger partial charge in [0.1, 0.15) is 5.82 Å². The van der Waals surface area contributed by atoms with Gasteiger partial charge in [0.15, 0.2) is 0 Å². The van der Waals surface area contributed by atoms with E-state index in [0.29, 0.717) is 0 Å². The molecule has 200 valence electrons. The first-order chi connectivity index (χ1) is 20.7. The summed E-state index contributed by atoms with van der Waals surface area (Å²) in [5.41, 5.74) is 9.95. The van der Waals surface area contributed by atoms with Crippen molar-refractivity contribution in [3.05, 3.63) is 176 Å². The van der Waals surface area contributed by atoms with Crippen molar-refractivity contribution >= 4 is 27.8 Å². The number of nitrogens with zero attached hydrogens (tertiary/aromatic N) is 1. The van der Waals surface area contributed by atoms with Crippen LogP contribution in [0, 0.1) is 5.82 Å². The van der Waals surface area contributed by atoms with Crippen LogP contribution in [0.3, 0.4) is 0 Å². The first-order valence-corrected chi connectivity index (χ1v) is 14.1. The molecule has 0 radical (unpaired) electrons. The molecule has 0 atom stereocenters. The van der Waals surface area contributed by atoms with Crippen molar-refractivity contribution in [3.8, 4) is 33.4 Å². The Bertz CT molecular complexity index is 1940. The Kier molecular flexibility index (Phi) is 6.79. The van der Waals surface area contributed by atoms with Crippen LogP contribution in [-0.4, -0.2) is 0 Å². The maximum absolute atomic E-state index is 13.9. The van der Waals surface area contributed by atoms with Crippen molar-refractivity contribution in [2.75, 3.05) is 4.90 Å². The molecule has 0 N–H and O–H groups in total. The molecular formula is C40H28FN. The van der Waals surface area contributed by atoms with Crippen molar-refractivity contribution < 1.29 is 4.39 Å². The fraction of sp³-hybridized carbons (Fsp3) is 0. The topological polar surface area (TPSA) is 3.24 Å². The molecule has 0 unspecified atom stereocenters. The van der Waals surface area contributed by atoms with Crippen LogP contribution in [0.25, 0.3) is 44.2 Å². The van der Waals surface area contributed by atoms with E-state index in [1.807, 2.05) is 18.2 Å². The van der Waals surface area contributed by atoms with Crippen LogP contribution in [0.1, 0.15) is 0 Å². The van der Waals surface area contributed by atoms with Crippen LogP contribution in [0.5, 0.6) is 0 Å². The number of anilines is 3. The first kappa shape index (κ1) is 25.5. The number of fused-ring (bicyclic) bond motifs is 1. The molecule has 0 bridgehead atoms. The van der Waals surface area contributed by atoms with Crippen LogP contribution in [-0.2, 0) is 0 Å². The maximum atomic E-state index is 13.9. The number of benzene rings is 7. The fourth-order valence-electron chi connectivity index (χ4n) is 5.50. The monoisotopic (exact) mass is 541 g/mol. The maximum Gasteiger partial charge on any atom is 0.123 e. The van der Waals surface area contributed by atoms with Gasteiger partial charge in [0.05, 0.1) is 0 Å². The van der Waals surface area contributed by atoms with Crippen molar-refractivity contribution in [1.29, 1.82) is 0 Å². The Morgan fingerprint density at radius 3 is 1.24 bits per heavy atom. The minimum atomic E-state index is -0.250. The zero-order chi connectivity index (χ0) is 28.3. The third kappa shape index (κ3) is 5.18. The van der Waals surface area contributed by atoms with E-state index in [0.717, 1.165) is 33.8 Å².